The van der Waals surface area contributed by atoms with Gasteiger partial charge in [-0.3, -0.25) is 10.1 Å². The summed E-state index contributed by atoms with van der Waals surface area (Å²) >= 11 is 0. The molecule has 9 heteroatoms. The number of hydrogen-bond donors (Lipinski definition) is 0. The number of nitro benzene ring substituents is 1. The molecular weight excluding hydrogens is 398 g/mol. The number of fused-ring (bicyclic) bond motifs is 1. The predicted molar refractivity (Wildman–Crippen MR) is 117 cm³/mol. The monoisotopic (exact) mass is 417 g/mol. The molecule has 0 unspecified atom stereocenters. The quantitative estimate of drug-likeness (QED) is 0.262. The third-order valence-electron chi connectivity index (χ3n) is 5.02. The fourth-order valence-corrected chi connectivity index (χ4v) is 3.35. The van der Waals surface area contributed by atoms with E-state index in [4.69, 9.17) is 4.42 Å². The Balaban J connectivity index is 1.74. The molecule has 156 valence electrons. The number of aromatic nitrogens is 3. The third-order valence-corrected chi connectivity index (χ3v) is 5.02. The van der Waals surface area contributed by atoms with E-state index < -0.39 is 10.5 Å². The summed E-state index contributed by atoms with van der Waals surface area (Å²) in [7, 11) is 0. The SMILES string of the molecule is CCN(CC)c1ccc2cc(-c3cnnc(-c4ccc([N+](=O)[O-])cc4)n3)c(=O)oc2c1. The van der Waals surface area contributed by atoms with Gasteiger partial charge in [-0.15, -0.1) is 5.10 Å². The molecule has 0 aliphatic rings. The van der Waals surface area contributed by atoms with Gasteiger partial charge in [0.15, 0.2) is 5.82 Å². The first-order chi connectivity index (χ1) is 15.0. The first-order valence-electron chi connectivity index (χ1n) is 9.78. The van der Waals surface area contributed by atoms with Crippen molar-refractivity contribution in [2.45, 2.75) is 13.8 Å². The molecule has 0 aliphatic carbocycles. The standard InChI is InChI=1S/C22H19N5O4/c1-3-26(4-2)17-10-7-15-11-18(22(28)31-20(15)12-17)19-13-23-25-21(24-19)14-5-8-16(9-6-14)27(29)30/h5-13H,3-4H2,1-2H3. The van der Waals surface area contributed by atoms with Gasteiger partial charge in [-0.25, -0.2) is 9.78 Å². The second kappa shape index (κ2) is 8.31. The van der Waals surface area contributed by atoms with E-state index in [1.807, 2.05) is 18.2 Å². The van der Waals surface area contributed by atoms with Crippen molar-refractivity contribution in [1.82, 2.24) is 15.2 Å². The van der Waals surface area contributed by atoms with E-state index in [1.165, 1.54) is 30.5 Å². The number of anilines is 1. The lowest BCUT2D eigenvalue weighted by atomic mass is 10.1. The molecule has 0 saturated heterocycles. The summed E-state index contributed by atoms with van der Waals surface area (Å²) in [6.45, 7) is 5.83. The van der Waals surface area contributed by atoms with Gasteiger partial charge in [0.25, 0.3) is 5.69 Å². The van der Waals surface area contributed by atoms with Crippen LogP contribution in [-0.4, -0.2) is 33.2 Å². The third kappa shape index (κ3) is 3.97. The Morgan fingerprint density at radius 2 is 1.81 bits per heavy atom. The van der Waals surface area contributed by atoms with Gasteiger partial charge >= 0.3 is 5.63 Å². The number of hydrogen-bond acceptors (Lipinski definition) is 8. The predicted octanol–water partition coefficient (Wildman–Crippen LogP) is 4.07. The molecule has 2 aromatic carbocycles. The minimum absolute atomic E-state index is 0.0351. The summed E-state index contributed by atoms with van der Waals surface area (Å²) in [5.41, 5.74) is 2.04. The molecule has 0 atom stereocenters. The molecule has 4 rings (SSSR count). The Hall–Kier alpha value is -4.14. The molecule has 0 N–H and O–H groups in total. The van der Waals surface area contributed by atoms with Crippen LogP contribution in [0.15, 0.2) is 63.9 Å². The largest absolute Gasteiger partial charge is 0.422 e. The summed E-state index contributed by atoms with van der Waals surface area (Å²) in [5.74, 6) is 0.253. The number of benzene rings is 2. The molecule has 0 fully saturated rings. The highest BCUT2D eigenvalue weighted by molar-refractivity contribution is 5.84. The van der Waals surface area contributed by atoms with Gasteiger partial charge in [-0.2, -0.15) is 5.10 Å². The molecule has 31 heavy (non-hydrogen) atoms. The summed E-state index contributed by atoms with van der Waals surface area (Å²) < 4.78 is 5.57. The highest BCUT2D eigenvalue weighted by Crippen LogP contribution is 2.25. The molecule has 0 saturated carbocycles. The average Bonchev–Trinajstić information content (AvgIpc) is 2.79. The summed E-state index contributed by atoms with van der Waals surface area (Å²) in [5, 5.41) is 19.5. The Bertz CT molecular complexity index is 1310. The second-order valence-corrected chi connectivity index (χ2v) is 6.81. The molecule has 0 radical (unpaired) electrons. The van der Waals surface area contributed by atoms with Crippen molar-refractivity contribution in [2.75, 3.05) is 18.0 Å². The van der Waals surface area contributed by atoms with Crippen molar-refractivity contribution in [3.63, 3.8) is 0 Å². The van der Waals surface area contributed by atoms with Crippen LogP contribution in [0.1, 0.15) is 13.8 Å². The van der Waals surface area contributed by atoms with Gasteiger partial charge in [-0.05, 0) is 44.2 Å². The normalized spacial score (nSPS) is 10.9. The second-order valence-electron chi connectivity index (χ2n) is 6.81. The first-order valence-corrected chi connectivity index (χ1v) is 9.78. The maximum absolute atomic E-state index is 12.7. The zero-order valence-electron chi connectivity index (χ0n) is 17.0. The minimum atomic E-state index is -0.528. The smallest absolute Gasteiger partial charge is 0.345 e. The van der Waals surface area contributed by atoms with Crippen LogP contribution in [0.25, 0.3) is 33.6 Å². The first kappa shape index (κ1) is 20.1. The van der Waals surface area contributed by atoms with Crippen LogP contribution in [0.3, 0.4) is 0 Å². The maximum atomic E-state index is 12.7. The van der Waals surface area contributed by atoms with Crippen LogP contribution in [-0.2, 0) is 0 Å². The van der Waals surface area contributed by atoms with E-state index in [1.54, 1.807) is 6.07 Å². The van der Waals surface area contributed by atoms with Crippen LogP contribution in [0.2, 0.25) is 0 Å². The van der Waals surface area contributed by atoms with Crippen LogP contribution < -0.4 is 10.5 Å². The number of rotatable bonds is 6. The number of non-ortho nitro benzene ring substituents is 1. The molecule has 0 spiro atoms. The average molecular weight is 417 g/mol. The molecule has 0 aliphatic heterocycles. The van der Waals surface area contributed by atoms with Crippen molar-refractivity contribution in [3.05, 3.63) is 75.3 Å². The van der Waals surface area contributed by atoms with Crippen molar-refractivity contribution in [3.8, 4) is 22.6 Å². The Morgan fingerprint density at radius 3 is 2.48 bits per heavy atom. The molecule has 0 amide bonds. The molecule has 9 nitrogen and oxygen atoms in total. The van der Waals surface area contributed by atoms with Crippen molar-refractivity contribution < 1.29 is 9.34 Å². The van der Waals surface area contributed by atoms with E-state index in [0.717, 1.165) is 24.2 Å². The number of nitrogens with zero attached hydrogens (tertiary/aromatic N) is 5. The van der Waals surface area contributed by atoms with Gasteiger partial charge in [0.2, 0.25) is 0 Å². The zero-order valence-corrected chi connectivity index (χ0v) is 17.0. The lowest BCUT2D eigenvalue weighted by molar-refractivity contribution is -0.384. The fraction of sp³-hybridized carbons (Fsp3) is 0.182. The molecule has 0 bridgehead atoms. The minimum Gasteiger partial charge on any atom is -0.422 e. The van der Waals surface area contributed by atoms with Gasteiger partial charge in [0.1, 0.15) is 11.3 Å². The van der Waals surface area contributed by atoms with Crippen molar-refractivity contribution in [1.29, 1.82) is 0 Å². The maximum Gasteiger partial charge on any atom is 0.345 e. The van der Waals surface area contributed by atoms with E-state index >= 15 is 0 Å². The van der Waals surface area contributed by atoms with Crippen LogP contribution in [0.4, 0.5) is 11.4 Å². The molecule has 2 aromatic heterocycles. The Kier molecular flexibility index (Phi) is 5.40. The van der Waals surface area contributed by atoms with Gasteiger partial charge < -0.3 is 9.32 Å². The van der Waals surface area contributed by atoms with Gasteiger partial charge in [0, 0.05) is 47.9 Å². The zero-order chi connectivity index (χ0) is 22.0. The van der Waals surface area contributed by atoms with Crippen molar-refractivity contribution in [2.24, 2.45) is 0 Å². The Morgan fingerprint density at radius 1 is 1.06 bits per heavy atom. The van der Waals surface area contributed by atoms with E-state index in [0.29, 0.717) is 16.8 Å². The molecule has 2 heterocycles. The van der Waals surface area contributed by atoms with Gasteiger partial charge in [0.05, 0.1) is 16.7 Å². The lowest BCUT2D eigenvalue weighted by Gasteiger charge is -2.21. The summed E-state index contributed by atoms with van der Waals surface area (Å²) in [6, 6.07) is 13.3. The Labute approximate surface area is 177 Å². The van der Waals surface area contributed by atoms with Crippen LogP contribution >= 0.6 is 0 Å². The van der Waals surface area contributed by atoms with Gasteiger partial charge in [-0.1, -0.05) is 0 Å². The molecular formula is C22H19N5O4. The van der Waals surface area contributed by atoms with Crippen molar-refractivity contribution >= 4 is 22.3 Å². The van der Waals surface area contributed by atoms with E-state index in [-0.39, 0.29) is 17.1 Å². The van der Waals surface area contributed by atoms with Crippen LogP contribution in [0.5, 0.6) is 0 Å². The summed E-state index contributed by atoms with van der Waals surface area (Å²) in [6.07, 6.45) is 1.39. The molecule has 4 aromatic rings. The van der Waals surface area contributed by atoms with Crippen LogP contribution in [0, 0.1) is 10.1 Å². The highest BCUT2D eigenvalue weighted by Gasteiger charge is 2.14. The lowest BCUT2D eigenvalue weighted by Crippen LogP contribution is -2.21. The highest BCUT2D eigenvalue weighted by atomic mass is 16.6. The topological polar surface area (TPSA) is 115 Å². The fourth-order valence-electron chi connectivity index (χ4n) is 3.35. The number of nitro groups is 1. The van der Waals surface area contributed by atoms with E-state index in [9.17, 15) is 14.9 Å². The summed E-state index contributed by atoms with van der Waals surface area (Å²) in [4.78, 5) is 29.6. The van der Waals surface area contributed by atoms with E-state index in [2.05, 4.69) is 33.9 Å².